The van der Waals surface area contributed by atoms with Crippen LogP contribution in [0.15, 0.2) is 79.1 Å². The zero-order valence-corrected chi connectivity index (χ0v) is 16.6. The van der Waals surface area contributed by atoms with Crippen LogP contribution >= 0.6 is 0 Å². The maximum absolute atomic E-state index is 13.4. The molecule has 2 heterocycles. The normalized spacial score (nSPS) is 11.6. The molecule has 2 aromatic carbocycles. The monoisotopic (exact) mass is 413 g/mol. The maximum atomic E-state index is 13.4. The predicted octanol–water partition coefficient (Wildman–Crippen LogP) is 3.86. The van der Waals surface area contributed by atoms with Crippen molar-refractivity contribution in [2.24, 2.45) is 0 Å². The summed E-state index contributed by atoms with van der Waals surface area (Å²) in [5.41, 5.74) is 2.47. The molecule has 7 nitrogen and oxygen atoms in total. The lowest BCUT2D eigenvalue weighted by Gasteiger charge is -2.19. The molecule has 2 aromatic heterocycles. The van der Waals surface area contributed by atoms with Gasteiger partial charge in [0.05, 0.1) is 18.2 Å². The number of hydrogen-bond acceptors (Lipinski definition) is 5. The first-order valence-corrected chi connectivity index (χ1v) is 9.56. The number of para-hydroxylation sites is 1. The quantitative estimate of drug-likeness (QED) is 0.498. The molecule has 0 aliphatic carbocycles. The molecule has 0 saturated carbocycles. The molecule has 0 saturated heterocycles. The number of pyridine rings is 2. The van der Waals surface area contributed by atoms with Gasteiger partial charge in [0, 0.05) is 28.9 Å². The zero-order chi connectivity index (χ0) is 21.8. The number of ether oxygens (including phenoxy) is 1. The van der Waals surface area contributed by atoms with Crippen LogP contribution in [-0.2, 0) is 4.79 Å². The van der Waals surface area contributed by atoms with Crippen molar-refractivity contribution in [2.45, 2.75) is 6.04 Å². The molecule has 1 atom stereocenters. The van der Waals surface area contributed by atoms with Crippen LogP contribution in [0.1, 0.15) is 22.0 Å². The number of hydrogen-bond donors (Lipinski definition) is 2. The van der Waals surface area contributed by atoms with Gasteiger partial charge in [-0.25, -0.2) is 9.78 Å². The average Bonchev–Trinajstić information content (AvgIpc) is 2.82. The van der Waals surface area contributed by atoms with Crippen molar-refractivity contribution in [2.75, 3.05) is 7.11 Å². The highest BCUT2D eigenvalue weighted by molar-refractivity contribution is 6.11. The van der Waals surface area contributed by atoms with Crippen molar-refractivity contribution < 1.29 is 19.4 Å². The number of aliphatic carboxylic acids is 1. The van der Waals surface area contributed by atoms with E-state index in [0.29, 0.717) is 22.2 Å². The van der Waals surface area contributed by atoms with Crippen molar-refractivity contribution >= 4 is 22.8 Å². The molecule has 7 heteroatoms. The van der Waals surface area contributed by atoms with E-state index in [9.17, 15) is 14.7 Å². The highest BCUT2D eigenvalue weighted by Crippen LogP contribution is 2.36. The van der Waals surface area contributed by atoms with Crippen LogP contribution in [0.2, 0.25) is 0 Å². The van der Waals surface area contributed by atoms with Crippen LogP contribution in [0.5, 0.6) is 5.75 Å². The van der Waals surface area contributed by atoms with Crippen LogP contribution in [0.4, 0.5) is 0 Å². The van der Waals surface area contributed by atoms with E-state index < -0.39 is 17.9 Å². The van der Waals surface area contributed by atoms with E-state index in [1.165, 1.54) is 19.5 Å². The van der Waals surface area contributed by atoms with Gasteiger partial charge in [-0.15, -0.1) is 0 Å². The number of carbonyl (C=O) groups excluding carboxylic acids is 1. The van der Waals surface area contributed by atoms with Gasteiger partial charge < -0.3 is 15.2 Å². The number of carbonyl (C=O) groups is 2. The highest BCUT2D eigenvalue weighted by Gasteiger charge is 2.27. The zero-order valence-electron chi connectivity index (χ0n) is 16.6. The largest absolute Gasteiger partial charge is 0.494 e. The fourth-order valence-electron chi connectivity index (χ4n) is 3.45. The van der Waals surface area contributed by atoms with E-state index in [1.807, 2.05) is 36.4 Å². The van der Waals surface area contributed by atoms with Crippen molar-refractivity contribution in [3.05, 3.63) is 90.3 Å². The summed E-state index contributed by atoms with van der Waals surface area (Å²) < 4.78 is 5.62. The third kappa shape index (κ3) is 3.93. The van der Waals surface area contributed by atoms with Gasteiger partial charge in [0.25, 0.3) is 5.91 Å². The molecule has 0 aliphatic rings. The minimum Gasteiger partial charge on any atom is -0.494 e. The number of benzene rings is 2. The smallest absolute Gasteiger partial charge is 0.330 e. The summed E-state index contributed by atoms with van der Waals surface area (Å²) in [7, 11) is 1.46. The molecule has 0 bridgehead atoms. The topological polar surface area (TPSA) is 101 Å². The van der Waals surface area contributed by atoms with E-state index >= 15 is 0 Å². The van der Waals surface area contributed by atoms with E-state index in [1.54, 1.807) is 30.3 Å². The number of carboxylic acids is 1. The number of nitrogens with zero attached hydrogens (tertiary/aromatic N) is 2. The molecule has 2 N–H and O–H groups in total. The second-order valence-corrected chi connectivity index (χ2v) is 6.78. The Morgan fingerprint density at radius 2 is 1.74 bits per heavy atom. The van der Waals surface area contributed by atoms with E-state index in [-0.39, 0.29) is 11.3 Å². The van der Waals surface area contributed by atoms with Gasteiger partial charge >= 0.3 is 5.97 Å². The number of rotatable bonds is 6. The van der Waals surface area contributed by atoms with Crippen LogP contribution in [0.3, 0.4) is 0 Å². The molecule has 1 unspecified atom stereocenters. The molecule has 1 amide bonds. The Labute approximate surface area is 178 Å². The Hall–Kier alpha value is -4.26. The maximum Gasteiger partial charge on any atom is 0.330 e. The molecule has 31 heavy (non-hydrogen) atoms. The number of aromatic nitrogens is 2. The predicted molar refractivity (Wildman–Crippen MR) is 116 cm³/mol. The van der Waals surface area contributed by atoms with Gasteiger partial charge in [-0.3, -0.25) is 9.78 Å². The van der Waals surface area contributed by atoms with E-state index in [2.05, 4.69) is 10.3 Å². The molecular weight excluding hydrogens is 394 g/mol. The molecule has 4 rings (SSSR count). The Morgan fingerprint density at radius 1 is 1.00 bits per heavy atom. The van der Waals surface area contributed by atoms with Gasteiger partial charge in [-0.2, -0.15) is 0 Å². The Bertz CT molecular complexity index is 1240. The summed E-state index contributed by atoms with van der Waals surface area (Å²) in [5, 5.41) is 12.9. The fourth-order valence-corrected chi connectivity index (χ4v) is 3.45. The van der Waals surface area contributed by atoms with Gasteiger partial charge in [-0.1, -0.05) is 54.6 Å². The highest BCUT2D eigenvalue weighted by atomic mass is 16.5. The first-order chi connectivity index (χ1) is 15.1. The fraction of sp³-hybridized carbons (Fsp3) is 0.0833. The summed E-state index contributed by atoms with van der Waals surface area (Å²) in [4.78, 5) is 34.0. The lowest BCUT2D eigenvalue weighted by atomic mass is 10.0. The SMILES string of the molecule is COc1c(-c2ccccc2)nc2ccccc2c1C(=O)NC(C(=O)O)c1cccnc1. The molecule has 154 valence electrons. The van der Waals surface area contributed by atoms with Crippen LogP contribution in [0.25, 0.3) is 22.2 Å². The van der Waals surface area contributed by atoms with Gasteiger partial charge in [0.2, 0.25) is 0 Å². The average molecular weight is 413 g/mol. The van der Waals surface area contributed by atoms with E-state index in [4.69, 9.17) is 9.72 Å². The minimum atomic E-state index is -1.27. The molecule has 0 fully saturated rings. The second-order valence-electron chi connectivity index (χ2n) is 6.78. The molecule has 0 radical (unpaired) electrons. The molecule has 4 aromatic rings. The summed E-state index contributed by atoms with van der Waals surface area (Å²) in [6.07, 6.45) is 2.95. The number of amides is 1. The van der Waals surface area contributed by atoms with Crippen molar-refractivity contribution in [1.29, 1.82) is 0 Å². The van der Waals surface area contributed by atoms with Crippen LogP contribution in [0, 0.1) is 0 Å². The molecule has 0 aliphatic heterocycles. The van der Waals surface area contributed by atoms with Gasteiger partial charge in [0.1, 0.15) is 5.69 Å². The van der Waals surface area contributed by atoms with Gasteiger partial charge in [0.15, 0.2) is 11.8 Å². The third-order valence-electron chi connectivity index (χ3n) is 4.87. The third-order valence-corrected chi connectivity index (χ3v) is 4.87. The first kappa shape index (κ1) is 20.0. The summed E-state index contributed by atoms with van der Waals surface area (Å²) in [5.74, 6) is -1.50. The number of methoxy groups -OCH3 is 1. The Morgan fingerprint density at radius 3 is 2.42 bits per heavy atom. The number of fused-ring (bicyclic) bond motifs is 1. The number of carboxylic acid groups (broad SMARTS) is 1. The van der Waals surface area contributed by atoms with Gasteiger partial charge in [-0.05, 0) is 12.1 Å². The van der Waals surface area contributed by atoms with Crippen molar-refractivity contribution in [1.82, 2.24) is 15.3 Å². The van der Waals surface area contributed by atoms with Crippen molar-refractivity contribution in [3.63, 3.8) is 0 Å². The van der Waals surface area contributed by atoms with E-state index in [0.717, 1.165) is 5.56 Å². The standard InChI is InChI=1S/C24H19N3O4/c1-31-22-19(23(28)27-21(24(29)30)16-10-7-13-25-14-16)17-11-5-6-12-18(17)26-20(22)15-8-3-2-4-9-15/h2-14,21H,1H3,(H,27,28)(H,29,30). The molecule has 0 spiro atoms. The van der Waals surface area contributed by atoms with Crippen LogP contribution < -0.4 is 10.1 Å². The summed E-state index contributed by atoms with van der Waals surface area (Å²) in [6.45, 7) is 0. The molecular formula is C24H19N3O4. The second kappa shape index (κ2) is 8.62. The summed E-state index contributed by atoms with van der Waals surface area (Å²) in [6, 6.07) is 18.5. The van der Waals surface area contributed by atoms with Crippen molar-refractivity contribution in [3.8, 4) is 17.0 Å². The lowest BCUT2D eigenvalue weighted by Crippen LogP contribution is -2.34. The Balaban J connectivity index is 1.87. The number of nitrogens with one attached hydrogen (secondary N) is 1. The lowest BCUT2D eigenvalue weighted by molar-refractivity contribution is -0.139. The van der Waals surface area contributed by atoms with Crippen LogP contribution in [-0.4, -0.2) is 34.1 Å². The minimum absolute atomic E-state index is 0.224. The Kier molecular flexibility index (Phi) is 5.57. The first-order valence-electron chi connectivity index (χ1n) is 9.56. The summed E-state index contributed by atoms with van der Waals surface area (Å²) >= 11 is 0.